The molecular formula is C32H44N6O5. The Labute approximate surface area is 254 Å². The minimum Gasteiger partial charge on any atom is -0.493 e. The number of fused-ring (bicyclic) bond motifs is 2. The maximum Gasteiger partial charge on any atom is 0.246 e. The lowest BCUT2D eigenvalue weighted by Gasteiger charge is -2.54. The van der Waals surface area contributed by atoms with E-state index in [4.69, 9.17) is 14.2 Å². The summed E-state index contributed by atoms with van der Waals surface area (Å²) in [6.45, 7) is 6.93. The number of hydrogen-bond donors (Lipinski definition) is 2. The number of amides is 1. The van der Waals surface area contributed by atoms with Crippen LogP contribution in [0.25, 0.3) is 0 Å². The smallest absolute Gasteiger partial charge is 0.246 e. The Bertz CT molecular complexity index is 1250. The molecule has 1 saturated carbocycles. The molecule has 232 valence electrons. The number of aryl methyl sites for hydroxylation is 1. The number of para-hydroxylation sites is 1. The number of carbonyl (C=O) groups is 2. The highest BCUT2D eigenvalue weighted by atomic mass is 16.5. The van der Waals surface area contributed by atoms with Crippen LogP contribution in [0.2, 0.25) is 0 Å². The third-order valence-corrected chi connectivity index (χ3v) is 10.3. The van der Waals surface area contributed by atoms with Crippen molar-refractivity contribution >= 4 is 11.7 Å². The van der Waals surface area contributed by atoms with Crippen LogP contribution in [0.1, 0.15) is 44.1 Å². The standard InChI is InChI=1S/C32H44N6O5/c1-4-26(39)38-18-17-37(19-22(38)12-15-33)30-24-11-14-32(13-10-21-7-5-9-25(41-3)28(21)43-32)29(40)27(24)34-31(35-30)42-20-23-8-6-16-36(23)2/h4-5,7,9,22-24,27,30-31,34-35H,1,6,8,10-14,16-20H2,2-3H3/t22?,23?,24?,27?,30?,31?,32-/m0/s1. The van der Waals surface area contributed by atoms with E-state index in [-0.39, 0.29) is 36.2 Å². The largest absolute Gasteiger partial charge is 0.493 e. The third kappa shape index (κ3) is 5.67. The normalized spacial score (nSPS) is 34.6. The molecule has 11 heteroatoms. The number of rotatable bonds is 7. The van der Waals surface area contributed by atoms with Gasteiger partial charge < -0.3 is 24.0 Å². The van der Waals surface area contributed by atoms with Crippen LogP contribution in [0.3, 0.4) is 0 Å². The molecule has 4 heterocycles. The monoisotopic (exact) mass is 592 g/mol. The van der Waals surface area contributed by atoms with Crippen LogP contribution >= 0.6 is 0 Å². The first kappa shape index (κ1) is 30.0. The molecule has 1 aromatic rings. The fourth-order valence-electron chi connectivity index (χ4n) is 7.85. The van der Waals surface area contributed by atoms with E-state index in [0.717, 1.165) is 37.8 Å². The number of ketones is 1. The summed E-state index contributed by atoms with van der Waals surface area (Å²) < 4.78 is 18.7. The molecule has 4 aliphatic heterocycles. The molecule has 6 rings (SSSR count). The Balaban J connectivity index is 1.25. The van der Waals surface area contributed by atoms with Gasteiger partial charge in [-0.15, -0.1) is 0 Å². The summed E-state index contributed by atoms with van der Waals surface area (Å²) in [5.41, 5.74) is 0.139. The van der Waals surface area contributed by atoms with Gasteiger partial charge in [0.1, 0.15) is 0 Å². The molecule has 43 heavy (non-hydrogen) atoms. The van der Waals surface area contributed by atoms with Crippen molar-refractivity contribution in [3.8, 4) is 17.6 Å². The van der Waals surface area contributed by atoms with E-state index in [9.17, 15) is 14.9 Å². The number of Topliss-reactive ketones (excluding diaryl/α,β-unsaturated/α-hetero) is 1. The number of nitriles is 1. The maximum atomic E-state index is 14.5. The van der Waals surface area contributed by atoms with Gasteiger partial charge in [0, 0.05) is 31.6 Å². The molecule has 5 aliphatic rings. The van der Waals surface area contributed by atoms with E-state index in [0.29, 0.717) is 56.6 Å². The maximum absolute atomic E-state index is 14.5. The van der Waals surface area contributed by atoms with E-state index in [1.54, 1.807) is 12.0 Å². The first-order chi connectivity index (χ1) is 20.9. The molecule has 2 N–H and O–H groups in total. The predicted octanol–water partition coefficient (Wildman–Crippen LogP) is 1.63. The molecule has 0 aromatic heterocycles. The Kier molecular flexibility index (Phi) is 8.76. The van der Waals surface area contributed by atoms with Crippen LogP contribution in [0.15, 0.2) is 30.9 Å². The topological polar surface area (TPSA) is 119 Å². The molecule has 4 fully saturated rings. The first-order valence-electron chi connectivity index (χ1n) is 15.6. The number of nitrogens with one attached hydrogen (secondary N) is 2. The minimum absolute atomic E-state index is 0.0285. The summed E-state index contributed by atoms with van der Waals surface area (Å²) in [6.07, 6.45) is 5.88. The van der Waals surface area contributed by atoms with Crippen molar-refractivity contribution < 1.29 is 23.8 Å². The number of piperazine rings is 1. The number of methoxy groups -OCH3 is 1. The molecule has 1 spiro atoms. The number of ether oxygens (including phenoxy) is 3. The lowest BCUT2D eigenvalue weighted by atomic mass is 9.69. The molecule has 11 nitrogen and oxygen atoms in total. The summed E-state index contributed by atoms with van der Waals surface area (Å²) in [7, 11) is 3.76. The number of carbonyl (C=O) groups excluding carboxylic acids is 2. The van der Waals surface area contributed by atoms with E-state index in [1.165, 1.54) is 6.08 Å². The summed E-state index contributed by atoms with van der Waals surface area (Å²) in [5, 5.41) is 16.8. The molecule has 1 amide bonds. The van der Waals surface area contributed by atoms with Crippen molar-refractivity contribution in [2.75, 3.05) is 46.9 Å². The fraction of sp³-hybridized carbons (Fsp3) is 0.656. The van der Waals surface area contributed by atoms with Gasteiger partial charge in [0.15, 0.2) is 29.2 Å². The highest BCUT2D eigenvalue weighted by Crippen LogP contribution is 2.46. The van der Waals surface area contributed by atoms with Gasteiger partial charge in [-0.1, -0.05) is 18.7 Å². The van der Waals surface area contributed by atoms with Crippen molar-refractivity contribution in [3.05, 3.63) is 36.4 Å². The Morgan fingerprint density at radius 2 is 2.09 bits per heavy atom. The van der Waals surface area contributed by atoms with Crippen molar-refractivity contribution in [2.45, 2.75) is 81.2 Å². The van der Waals surface area contributed by atoms with Gasteiger partial charge in [-0.25, -0.2) is 0 Å². The fourth-order valence-corrected chi connectivity index (χ4v) is 7.85. The molecule has 3 saturated heterocycles. The number of benzene rings is 1. The van der Waals surface area contributed by atoms with Gasteiger partial charge in [-0.2, -0.15) is 5.26 Å². The van der Waals surface area contributed by atoms with Gasteiger partial charge in [-0.05, 0) is 69.8 Å². The zero-order chi connectivity index (χ0) is 30.1. The Hall–Kier alpha value is -3.01. The molecule has 0 radical (unpaired) electrons. The predicted molar refractivity (Wildman–Crippen MR) is 159 cm³/mol. The van der Waals surface area contributed by atoms with Crippen LogP contribution in [-0.2, 0) is 20.7 Å². The Morgan fingerprint density at radius 3 is 2.84 bits per heavy atom. The van der Waals surface area contributed by atoms with Crippen molar-refractivity contribution in [1.82, 2.24) is 25.3 Å². The van der Waals surface area contributed by atoms with Crippen LogP contribution < -0.4 is 20.1 Å². The summed E-state index contributed by atoms with van der Waals surface area (Å²) in [5.74, 6) is 1.21. The van der Waals surface area contributed by atoms with Gasteiger partial charge in [0.05, 0.1) is 44.5 Å². The molecule has 7 atom stereocenters. The molecule has 1 aromatic carbocycles. The number of hydrogen-bond acceptors (Lipinski definition) is 10. The van der Waals surface area contributed by atoms with E-state index in [2.05, 4.69) is 40.1 Å². The second-order valence-corrected chi connectivity index (χ2v) is 12.6. The number of likely N-dealkylation sites (N-methyl/N-ethyl adjacent to an activating group) is 1. The number of nitrogens with zero attached hydrogens (tertiary/aromatic N) is 4. The lowest BCUT2D eigenvalue weighted by Crippen LogP contribution is -2.76. The SMILES string of the molecule is C=CC(=O)N1CCN(C2NC(OCC3CCCN3C)NC3C(=O)[C@]4(CCc5cccc(OC)c5O4)CCC32)CC1CC#N. The zero-order valence-corrected chi connectivity index (χ0v) is 25.3. The third-order valence-electron chi connectivity index (χ3n) is 10.3. The summed E-state index contributed by atoms with van der Waals surface area (Å²) in [4.78, 5) is 33.5. The summed E-state index contributed by atoms with van der Waals surface area (Å²) >= 11 is 0. The van der Waals surface area contributed by atoms with E-state index in [1.807, 2.05) is 18.2 Å². The highest BCUT2D eigenvalue weighted by Gasteiger charge is 2.57. The van der Waals surface area contributed by atoms with Crippen molar-refractivity contribution in [1.29, 1.82) is 5.26 Å². The highest BCUT2D eigenvalue weighted by molar-refractivity contribution is 5.94. The summed E-state index contributed by atoms with van der Waals surface area (Å²) in [6, 6.07) is 7.76. The first-order valence-corrected chi connectivity index (χ1v) is 15.6. The van der Waals surface area contributed by atoms with Crippen molar-refractivity contribution in [2.24, 2.45) is 5.92 Å². The second-order valence-electron chi connectivity index (χ2n) is 12.6. The lowest BCUT2D eigenvalue weighted by molar-refractivity contribution is -0.161. The van der Waals surface area contributed by atoms with Crippen LogP contribution in [0.4, 0.5) is 0 Å². The molecular weight excluding hydrogens is 548 g/mol. The van der Waals surface area contributed by atoms with Crippen LogP contribution in [-0.4, -0.2) is 110 Å². The van der Waals surface area contributed by atoms with Gasteiger partial charge in [0.2, 0.25) is 5.91 Å². The average Bonchev–Trinajstić information content (AvgIpc) is 3.45. The van der Waals surface area contributed by atoms with E-state index < -0.39 is 18.0 Å². The van der Waals surface area contributed by atoms with Gasteiger partial charge in [0.25, 0.3) is 0 Å². The van der Waals surface area contributed by atoms with Gasteiger partial charge in [-0.3, -0.25) is 25.1 Å². The quantitative estimate of drug-likeness (QED) is 0.452. The number of likely N-dealkylation sites (tertiary alicyclic amines) is 1. The van der Waals surface area contributed by atoms with Crippen LogP contribution in [0, 0.1) is 17.2 Å². The molecule has 0 bridgehead atoms. The average molecular weight is 593 g/mol. The zero-order valence-electron chi connectivity index (χ0n) is 25.3. The van der Waals surface area contributed by atoms with Crippen molar-refractivity contribution in [3.63, 3.8) is 0 Å². The van der Waals surface area contributed by atoms with Gasteiger partial charge >= 0.3 is 0 Å². The van der Waals surface area contributed by atoms with Crippen LogP contribution in [0.5, 0.6) is 11.5 Å². The Morgan fingerprint density at radius 1 is 1.23 bits per heavy atom. The second kappa shape index (κ2) is 12.5. The molecule has 1 aliphatic carbocycles. The molecule has 6 unspecified atom stereocenters. The minimum atomic E-state index is -0.924. The van der Waals surface area contributed by atoms with E-state index >= 15 is 0 Å².